The van der Waals surface area contributed by atoms with Crippen LogP contribution in [0.2, 0.25) is 0 Å². The van der Waals surface area contributed by atoms with E-state index in [1.165, 1.54) is 18.7 Å². The first-order valence-electron chi connectivity index (χ1n) is 10.0. The van der Waals surface area contributed by atoms with E-state index in [4.69, 9.17) is 4.74 Å². The molecule has 8 nitrogen and oxygen atoms in total. The molecule has 0 unspecified atom stereocenters. The van der Waals surface area contributed by atoms with Gasteiger partial charge < -0.3 is 10.1 Å². The van der Waals surface area contributed by atoms with E-state index in [1.807, 2.05) is 38.1 Å². The summed E-state index contributed by atoms with van der Waals surface area (Å²) in [5.41, 5.74) is 0.897. The molecule has 0 saturated heterocycles. The van der Waals surface area contributed by atoms with Gasteiger partial charge in [-0.25, -0.2) is 24.6 Å². The smallest absolute Gasteiger partial charge is 0.433 e. The zero-order valence-electron chi connectivity index (χ0n) is 17.8. The fraction of sp³-hybridized carbons (Fsp3) is 0.227. The molecule has 170 valence electrons. The van der Waals surface area contributed by atoms with Gasteiger partial charge in [-0.05, 0) is 37.6 Å². The third kappa shape index (κ3) is 5.62. The van der Waals surface area contributed by atoms with E-state index < -0.39 is 11.9 Å². The summed E-state index contributed by atoms with van der Waals surface area (Å²) in [6, 6.07) is 9.94. The Balaban J connectivity index is 1.47. The van der Waals surface area contributed by atoms with Gasteiger partial charge in [-0.15, -0.1) is 0 Å². The van der Waals surface area contributed by atoms with Crippen LogP contribution in [0, 0.1) is 0 Å². The lowest BCUT2D eigenvalue weighted by Crippen LogP contribution is -2.13. The van der Waals surface area contributed by atoms with Crippen LogP contribution in [-0.2, 0) is 12.7 Å². The minimum Gasteiger partial charge on any atom is -0.491 e. The second-order valence-corrected chi connectivity index (χ2v) is 7.37. The number of alkyl halides is 3. The summed E-state index contributed by atoms with van der Waals surface area (Å²) in [5, 5.41) is 6.76. The molecule has 1 aromatic carbocycles. The molecule has 33 heavy (non-hydrogen) atoms. The summed E-state index contributed by atoms with van der Waals surface area (Å²) in [4.78, 5) is 16.0. The molecule has 4 aromatic rings. The molecule has 3 heterocycles. The van der Waals surface area contributed by atoms with E-state index in [9.17, 15) is 13.2 Å². The van der Waals surface area contributed by atoms with Gasteiger partial charge in [0.15, 0.2) is 5.82 Å². The monoisotopic (exact) mass is 455 g/mol. The summed E-state index contributed by atoms with van der Waals surface area (Å²) < 4.78 is 46.6. The van der Waals surface area contributed by atoms with Crippen LogP contribution in [0.4, 0.5) is 18.9 Å². The SMILES string of the molecule is CC(C)Oc1ccc(-c2cnc(CNc3cc(-n4cncn4)nc(C(F)(F)F)c3)nc2)cc1. The van der Waals surface area contributed by atoms with Gasteiger partial charge >= 0.3 is 6.18 Å². The number of nitrogens with zero attached hydrogens (tertiary/aromatic N) is 6. The molecule has 1 N–H and O–H groups in total. The van der Waals surface area contributed by atoms with E-state index in [0.717, 1.165) is 27.6 Å². The largest absolute Gasteiger partial charge is 0.491 e. The fourth-order valence-corrected chi connectivity index (χ4v) is 2.98. The standard InChI is InChI=1S/C22H20F3N7O/c1-14(2)33-18-5-3-15(4-6-18)16-9-28-20(29-10-16)11-27-17-7-19(22(23,24)25)31-21(8-17)32-13-26-12-30-32/h3-10,12-14H,11H2,1-2H3,(H,27,31). The van der Waals surface area contributed by atoms with Crippen molar-refractivity contribution in [2.24, 2.45) is 0 Å². The van der Waals surface area contributed by atoms with Crippen LogP contribution in [0.5, 0.6) is 5.75 Å². The highest BCUT2D eigenvalue weighted by Crippen LogP contribution is 2.30. The number of ether oxygens (including phenoxy) is 1. The number of pyridine rings is 1. The van der Waals surface area contributed by atoms with Gasteiger partial charge in [0.25, 0.3) is 0 Å². The molecule has 3 aromatic heterocycles. The van der Waals surface area contributed by atoms with Gasteiger partial charge in [-0.3, -0.25) is 0 Å². The van der Waals surface area contributed by atoms with E-state index >= 15 is 0 Å². The van der Waals surface area contributed by atoms with Crippen molar-refractivity contribution in [2.45, 2.75) is 32.7 Å². The molecule has 0 saturated carbocycles. The topological polar surface area (TPSA) is 90.6 Å². The summed E-state index contributed by atoms with van der Waals surface area (Å²) in [6.07, 6.45) is 1.30. The van der Waals surface area contributed by atoms with Crippen LogP contribution in [0.15, 0.2) is 61.4 Å². The lowest BCUT2D eigenvalue weighted by Gasteiger charge is -2.12. The van der Waals surface area contributed by atoms with Crippen LogP contribution in [-0.4, -0.2) is 35.8 Å². The molecule has 0 amide bonds. The minimum absolute atomic E-state index is 0.00835. The third-order valence-electron chi connectivity index (χ3n) is 4.47. The van der Waals surface area contributed by atoms with Crippen molar-refractivity contribution in [3.8, 4) is 22.7 Å². The fourth-order valence-electron chi connectivity index (χ4n) is 2.98. The number of benzene rings is 1. The maximum Gasteiger partial charge on any atom is 0.433 e. The number of rotatable bonds is 7. The minimum atomic E-state index is -4.61. The Morgan fingerprint density at radius 2 is 1.76 bits per heavy atom. The summed E-state index contributed by atoms with van der Waals surface area (Å²) in [6.45, 7) is 4.04. The molecule has 0 aliphatic carbocycles. The van der Waals surface area contributed by atoms with Crippen molar-refractivity contribution in [2.75, 3.05) is 5.32 Å². The van der Waals surface area contributed by atoms with E-state index in [0.29, 0.717) is 5.82 Å². The van der Waals surface area contributed by atoms with Gasteiger partial charge in [0.2, 0.25) is 0 Å². The van der Waals surface area contributed by atoms with Crippen LogP contribution in [0.1, 0.15) is 25.4 Å². The van der Waals surface area contributed by atoms with Gasteiger partial charge in [0.05, 0.1) is 12.6 Å². The molecule has 0 aliphatic heterocycles. The molecular formula is C22H20F3N7O. The van der Waals surface area contributed by atoms with Crippen molar-refractivity contribution in [3.63, 3.8) is 0 Å². The second-order valence-electron chi connectivity index (χ2n) is 7.37. The van der Waals surface area contributed by atoms with Crippen molar-refractivity contribution < 1.29 is 17.9 Å². The highest BCUT2D eigenvalue weighted by molar-refractivity contribution is 5.62. The highest BCUT2D eigenvalue weighted by atomic mass is 19.4. The molecule has 0 atom stereocenters. The summed E-state index contributed by atoms with van der Waals surface area (Å²) >= 11 is 0. The summed E-state index contributed by atoms with van der Waals surface area (Å²) in [7, 11) is 0. The van der Waals surface area contributed by atoms with Crippen molar-refractivity contribution in [1.29, 1.82) is 0 Å². The molecule has 0 radical (unpaired) electrons. The number of nitrogens with one attached hydrogen (secondary N) is 1. The van der Waals surface area contributed by atoms with E-state index in [2.05, 4.69) is 30.4 Å². The number of aromatic nitrogens is 6. The average Bonchev–Trinajstić information content (AvgIpc) is 3.33. The number of hydrogen-bond donors (Lipinski definition) is 1. The number of hydrogen-bond acceptors (Lipinski definition) is 7. The summed E-state index contributed by atoms with van der Waals surface area (Å²) in [5.74, 6) is 1.19. The zero-order chi connectivity index (χ0) is 23.4. The predicted molar refractivity (Wildman–Crippen MR) is 115 cm³/mol. The third-order valence-corrected chi connectivity index (χ3v) is 4.47. The molecule has 0 bridgehead atoms. The van der Waals surface area contributed by atoms with E-state index in [-0.39, 0.29) is 24.2 Å². The van der Waals surface area contributed by atoms with Crippen LogP contribution >= 0.6 is 0 Å². The van der Waals surface area contributed by atoms with Gasteiger partial charge in [0.1, 0.15) is 29.9 Å². The van der Waals surface area contributed by atoms with Crippen LogP contribution < -0.4 is 10.1 Å². The Morgan fingerprint density at radius 1 is 1.03 bits per heavy atom. The second kappa shape index (κ2) is 9.23. The van der Waals surface area contributed by atoms with Gasteiger partial charge in [-0.1, -0.05) is 12.1 Å². The molecule has 0 aliphatic rings. The molecule has 0 fully saturated rings. The molecule has 0 spiro atoms. The lowest BCUT2D eigenvalue weighted by molar-refractivity contribution is -0.141. The number of halogens is 3. The van der Waals surface area contributed by atoms with Gasteiger partial charge in [-0.2, -0.15) is 18.3 Å². The molecule has 11 heteroatoms. The Bertz CT molecular complexity index is 1190. The molecular weight excluding hydrogens is 435 g/mol. The molecule has 4 rings (SSSR count). The highest BCUT2D eigenvalue weighted by Gasteiger charge is 2.33. The van der Waals surface area contributed by atoms with Crippen molar-refractivity contribution in [3.05, 3.63) is 73.0 Å². The van der Waals surface area contributed by atoms with Crippen molar-refractivity contribution in [1.82, 2.24) is 29.7 Å². The Hall–Kier alpha value is -4.02. The Labute approximate surface area is 187 Å². The van der Waals surface area contributed by atoms with Crippen molar-refractivity contribution >= 4 is 5.69 Å². The predicted octanol–water partition coefficient (Wildman–Crippen LogP) is 4.54. The van der Waals surface area contributed by atoms with Crippen LogP contribution in [0.3, 0.4) is 0 Å². The maximum atomic E-state index is 13.3. The normalized spacial score (nSPS) is 11.6. The zero-order valence-corrected chi connectivity index (χ0v) is 17.8. The van der Waals surface area contributed by atoms with Gasteiger partial charge in [0, 0.05) is 29.7 Å². The first-order valence-corrected chi connectivity index (χ1v) is 10.0. The first-order chi connectivity index (χ1) is 15.8. The average molecular weight is 455 g/mol. The lowest BCUT2D eigenvalue weighted by atomic mass is 10.1. The Kier molecular flexibility index (Phi) is 6.20. The van der Waals surface area contributed by atoms with Crippen LogP contribution in [0.25, 0.3) is 16.9 Å². The maximum absolute atomic E-state index is 13.3. The Morgan fingerprint density at radius 3 is 2.36 bits per heavy atom. The number of anilines is 1. The van der Waals surface area contributed by atoms with E-state index in [1.54, 1.807) is 12.4 Å². The first kappa shape index (κ1) is 22.2. The quantitative estimate of drug-likeness (QED) is 0.438.